The van der Waals surface area contributed by atoms with Crippen molar-refractivity contribution in [1.29, 1.82) is 0 Å². The molecule has 0 aliphatic rings. The standard InChI is InChI=1S/C17H17FO2/c1-10-5-7-13(15(18)9-10)16(19)14-8-6-11(2)12(3)17(14)20-4/h5-9H,1-4H3. The van der Waals surface area contributed by atoms with Crippen LogP contribution in [0, 0.1) is 26.6 Å². The summed E-state index contributed by atoms with van der Waals surface area (Å²) in [5.74, 6) is -0.354. The van der Waals surface area contributed by atoms with E-state index >= 15 is 0 Å². The molecule has 2 rings (SSSR count). The van der Waals surface area contributed by atoms with Crippen LogP contribution in [-0.4, -0.2) is 12.9 Å². The summed E-state index contributed by atoms with van der Waals surface area (Å²) in [6.45, 7) is 5.61. The normalized spacial score (nSPS) is 10.4. The van der Waals surface area contributed by atoms with Gasteiger partial charge in [0.15, 0.2) is 5.78 Å². The van der Waals surface area contributed by atoms with Crippen molar-refractivity contribution in [3.05, 3.63) is 64.0 Å². The molecule has 0 unspecified atom stereocenters. The number of carbonyl (C=O) groups excluding carboxylic acids is 1. The van der Waals surface area contributed by atoms with E-state index in [-0.39, 0.29) is 11.3 Å². The van der Waals surface area contributed by atoms with Crippen LogP contribution in [0.3, 0.4) is 0 Å². The number of ether oxygens (including phenoxy) is 1. The molecule has 0 saturated carbocycles. The molecule has 2 aromatic rings. The van der Waals surface area contributed by atoms with E-state index in [9.17, 15) is 9.18 Å². The molecule has 0 heterocycles. The van der Waals surface area contributed by atoms with Crippen molar-refractivity contribution >= 4 is 5.78 Å². The van der Waals surface area contributed by atoms with Gasteiger partial charge in [0.05, 0.1) is 18.2 Å². The number of hydrogen-bond donors (Lipinski definition) is 0. The Morgan fingerprint density at radius 2 is 1.70 bits per heavy atom. The minimum atomic E-state index is -0.504. The van der Waals surface area contributed by atoms with Crippen LogP contribution >= 0.6 is 0 Å². The molecule has 2 nitrogen and oxygen atoms in total. The van der Waals surface area contributed by atoms with E-state index in [1.165, 1.54) is 19.2 Å². The Balaban J connectivity index is 2.56. The Kier molecular flexibility index (Phi) is 3.89. The van der Waals surface area contributed by atoms with Crippen LogP contribution < -0.4 is 4.74 Å². The van der Waals surface area contributed by atoms with Crippen LogP contribution in [0.1, 0.15) is 32.6 Å². The zero-order valence-electron chi connectivity index (χ0n) is 12.1. The third kappa shape index (κ3) is 2.44. The summed E-state index contributed by atoms with van der Waals surface area (Å²) >= 11 is 0. The van der Waals surface area contributed by atoms with Gasteiger partial charge in [0.25, 0.3) is 0 Å². The van der Waals surface area contributed by atoms with Crippen molar-refractivity contribution in [3.63, 3.8) is 0 Å². The number of halogens is 1. The number of hydrogen-bond acceptors (Lipinski definition) is 2. The molecule has 0 saturated heterocycles. The van der Waals surface area contributed by atoms with Crippen molar-refractivity contribution < 1.29 is 13.9 Å². The molecule has 0 atom stereocenters. The number of ketones is 1. The topological polar surface area (TPSA) is 26.3 Å². The summed E-state index contributed by atoms with van der Waals surface area (Å²) in [6.07, 6.45) is 0. The Bertz CT molecular complexity index is 675. The highest BCUT2D eigenvalue weighted by Crippen LogP contribution is 2.28. The first-order valence-corrected chi connectivity index (χ1v) is 6.40. The van der Waals surface area contributed by atoms with Gasteiger partial charge in [0, 0.05) is 0 Å². The maximum atomic E-state index is 13.9. The van der Waals surface area contributed by atoms with E-state index in [0.29, 0.717) is 11.3 Å². The molecule has 0 radical (unpaired) electrons. The summed E-state index contributed by atoms with van der Waals surface area (Å²) in [7, 11) is 1.52. The quantitative estimate of drug-likeness (QED) is 0.790. The molecule has 0 aliphatic heterocycles. The van der Waals surface area contributed by atoms with Crippen molar-refractivity contribution in [2.24, 2.45) is 0 Å². The lowest BCUT2D eigenvalue weighted by Gasteiger charge is -2.13. The van der Waals surface area contributed by atoms with Crippen LogP contribution in [0.2, 0.25) is 0 Å². The largest absolute Gasteiger partial charge is 0.496 e. The van der Waals surface area contributed by atoms with Gasteiger partial charge in [0.2, 0.25) is 0 Å². The summed E-state index contributed by atoms with van der Waals surface area (Å²) in [5.41, 5.74) is 3.16. The Hall–Kier alpha value is -2.16. The average Bonchev–Trinajstić information content (AvgIpc) is 2.41. The summed E-state index contributed by atoms with van der Waals surface area (Å²) < 4.78 is 19.3. The zero-order chi connectivity index (χ0) is 14.9. The molecule has 3 heteroatoms. The summed E-state index contributed by atoms with van der Waals surface area (Å²) in [5, 5.41) is 0. The molecule has 0 amide bonds. The van der Waals surface area contributed by atoms with Gasteiger partial charge in [-0.25, -0.2) is 4.39 Å². The highest BCUT2D eigenvalue weighted by atomic mass is 19.1. The zero-order valence-corrected chi connectivity index (χ0v) is 12.1. The minimum absolute atomic E-state index is 0.0668. The minimum Gasteiger partial charge on any atom is -0.496 e. The molecule has 2 aromatic carbocycles. The van der Waals surface area contributed by atoms with Crippen LogP contribution in [0.15, 0.2) is 30.3 Å². The fourth-order valence-corrected chi connectivity index (χ4v) is 2.18. The van der Waals surface area contributed by atoms with Gasteiger partial charge in [-0.2, -0.15) is 0 Å². The lowest BCUT2D eigenvalue weighted by atomic mass is 9.97. The first kappa shape index (κ1) is 14.3. The van der Waals surface area contributed by atoms with Gasteiger partial charge in [-0.3, -0.25) is 4.79 Å². The Morgan fingerprint density at radius 3 is 2.30 bits per heavy atom. The molecule has 104 valence electrons. The number of methoxy groups -OCH3 is 1. The molecule has 0 spiro atoms. The van der Waals surface area contributed by atoms with E-state index in [1.54, 1.807) is 19.1 Å². The third-order valence-corrected chi connectivity index (χ3v) is 3.49. The molecule has 0 N–H and O–H groups in total. The van der Waals surface area contributed by atoms with E-state index in [2.05, 4.69) is 0 Å². The Labute approximate surface area is 118 Å². The van der Waals surface area contributed by atoms with Crippen molar-refractivity contribution in [3.8, 4) is 5.75 Å². The molecular weight excluding hydrogens is 255 g/mol. The number of rotatable bonds is 3. The smallest absolute Gasteiger partial charge is 0.199 e. The van der Waals surface area contributed by atoms with E-state index in [0.717, 1.165) is 16.7 Å². The molecule has 0 fully saturated rings. The maximum absolute atomic E-state index is 13.9. The maximum Gasteiger partial charge on any atom is 0.199 e. The summed E-state index contributed by atoms with van der Waals surface area (Å²) in [6, 6.07) is 8.13. The van der Waals surface area contributed by atoms with Gasteiger partial charge in [-0.15, -0.1) is 0 Å². The van der Waals surface area contributed by atoms with Gasteiger partial charge in [-0.1, -0.05) is 12.1 Å². The van der Waals surface area contributed by atoms with Crippen LogP contribution in [0.25, 0.3) is 0 Å². The van der Waals surface area contributed by atoms with E-state index < -0.39 is 5.82 Å². The lowest BCUT2D eigenvalue weighted by Crippen LogP contribution is -2.08. The highest BCUT2D eigenvalue weighted by Gasteiger charge is 2.19. The highest BCUT2D eigenvalue weighted by molar-refractivity contribution is 6.11. The Morgan fingerprint density at radius 1 is 1.05 bits per heavy atom. The fraction of sp³-hybridized carbons (Fsp3) is 0.235. The first-order chi connectivity index (χ1) is 9.45. The fourth-order valence-electron chi connectivity index (χ4n) is 2.18. The number of aryl methyl sites for hydroxylation is 2. The van der Waals surface area contributed by atoms with Crippen molar-refractivity contribution in [1.82, 2.24) is 0 Å². The molecule has 20 heavy (non-hydrogen) atoms. The van der Waals surface area contributed by atoms with Crippen LogP contribution in [0.4, 0.5) is 4.39 Å². The predicted octanol–water partition coefficient (Wildman–Crippen LogP) is 3.99. The van der Waals surface area contributed by atoms with Gasteiger partial charge >= 0.3 is 0 Å². The van der Waals surface area contributed by atoms with Crippen LogP contribution in [0.5, 0.6) is 5.75 Å². The molecule has 0 aromatic heterocycles. The van der Waals surface area contributed by atoms with Crippen LogP contribution in [-0.2, 0) is 0 Å². The van der Waals surface area contributed by atoms with E-state index in [1.807, 2.05) is 19.9 Å². The second kappa shape index (κ2) is 5.45. The monoisotopic (exact) mass is 272 g/mol. The molecule has 0 aliphatic carbocycles. The number of carbonyl (C=O) groups is 1. The summed E-state index contributed by atoms with van der Waals surface area (Å²) in [4.78, 5) is 12.5. The SMILES string of the molecule is COc1c(C(=O)c2ccc(C)cc2F)ccc(C)c1C. The second-order valence-corrected chi connectivity index (χ2v) is 4.90. The third-order valence-electron chi connectivity index (χ3n) is 3.49. The number of benzene rings is 2. The predicted molar refractivity (Wildman–Crippen MR) is 77.0 cm³/mol. The van der Waals surface area contributed by atoms with Gasteiger partial charge < -0.3 is 4.74 Å². The first-order valence-electron chi connectivity index (χ1n) is 6.40. The lowest BCUT2D eigenvalue weighted by molar-refractivity contribution is 0.103. The average molecular weight is 272 g/mol. The van der Waals surface area contributed by atoms with Gasteiger partial charge in [-0.05, 0) is 55.7 Å². The van der Waals surface area contributed by atoms with Crippen molar-refractivity contribution in [2.75, 3.05) is 7.11 Å². The molecular formula is C17H17FO2. The van der Waals surface area contributed by atoms with Crippen molar-refractivity contribution in [2.45, 2.75) is 20.8 Å². The van der Waals surface area contributed by atoms with E-state index in [4.69, 9.17) is 4.74 Å². The molecule has 0 bridgehead atoms. The van der Waals surface area contributed by atoms with Gasteiger partial charge in [0.1, 0.15) is 11.6 Å². The second-order valence-electron chi connectivity index (χ2n) is 4.90.